The van der Waals surface area contributed by atoms with Gasteiger partial charge in [0.05, 0.1) is 13.2 Å². The Morgan fingerprint density at radius 1 is 1.39 bits per heavy atom. The van der Waals surface area contributed by atoms with E-state index in [-0.39, 0.29) is 36.5 Å². The zero-order valence-electron chi connectivity index (χ0n) is 17.3. The topological polar surface area (TPSA) is 66.4 Å². The highest BCUT2D eigenvalue weighted by Crippen LogP contribution is 2.18. The van der Waals surface area contributed by atoms with Crippen molar-refractivity contribution in [2.24, 2.45) is 10.9 Å². The molecule has 1 aromatic carbocycles. The molecule has 0 bridgehead atoms. The van der Waals surface area contributed by atoms with Crippen LogP contribution in [-0.4, -0.2) is 75.7 Å². The lowest BCUT2D eigenvalue weighted by Gasteiger charge is -2.21. The zero-order chi connectivity index (χ0) is 19.6. The van der Waals surface area contributed by atoms with Gasteiger partial charge in [-0.1, -0.05) is 12.1 Å². The second-order valence-electron chi connectivity index (χ2n) is 6.95. The van der Waals surface area contributed by atoms with Gasteiger partial charge in [0.2, 0.25) is 0 Å². The van der Waals surface area contributed by atoms with Gasteiger partial charge in [0.1, 0.15) is 5.75 Å². The van der Waals surface area contributed by atoms with Gasteiger partial charge in [0.15, 0.2) is 12.6 Å². The summed E-state index contributed by atoms with van der Waals surface area (Å²) in [7, 11) is 5.19. The number of guanidine groups is 1. The van der Waals surface area contributed by atoms with Gasteiger partial charge in [-0.05, 0) is 31.0 Å². The molecule has 1 saturated heterocycles. The molecule has 28 heavy (non-hydrogen) atoms. The van der Waals surface area contributed by atoms with Crippen LogP contribution in [0.15, 0.2) is 29.3 Å². The highest BCUT2D eigenvalue weighted by Gasteiger charge is 2.24. The maximum Gasteiger partial charge on any atom is 0.259 e. The van der Waals surface area contributed by atoms with Gasteiger partial charge in [-0.15, -0.1) is 24.0 Å². The second kappa shape index (κ2) is 12.8. The number of methoxy groups -OCH3 is 1. The number of carbonyl (C=O) groups excluding carboxylic acids is 1. The molecule has 1 atom stereocenters. The van der Waals surface area contributed by atoms with Crippen LogP contribution in [0.25, 0.3) is 0 Å². The molecular weight excluding hydrogens is 471 g/mol. The lowest BCUT2D eigenvalue weighted by molar-refractivity contribution is -0.130. The summed E-state index contributed by atoms with van der Waals surface area (Å²) in [6, 6.07) is 7.74. The van der Waals surface area contributed by atoms with Gasteiger partial charge in [-0.3, -0.25) is 4.79 Å². The van der Waals surface area contributed by atoms with Gasteiger partial charge < -0.3 is 24.6 Å². The monoisotopic (exact) mass is 504 g/mol. The Hall–Kier alpha value is -1.55. The molecule has 1 aliphatic rings. The average molecular weight is 504 g/mol. The van der Waals surface area contributed by atoms with Crippen LogP contribution < -0.4 is 10.1 Å². The molecule has 0 aliphatic carbocycles. The van der Waals surface area contributed by atoms with E-state index < -0.39 is 0 Å². The Morgan fingerprint density at radius 3 is 2.86 bits per heavy atom. The summed E-state index contributed by atoms with van der Waals surface area (Å²) in [5.41, 5.74) is 1.05. The van der Waals surface area contributed by atoms with E-state index in [1.807, 2.05) is 24.3 Å². The molecule has 0 saturated carbocycles. The first-order chi connectivity index (χ1) is 13.0. The lowest BCUT2D eigenvalue weighted by Crippen LogP contribution is -2.40. The third kappa shape index (κ3) is 7.83. The summed E-state index contributed by atoms with van der Waals surface area (Å²) < 4.78 is 10.9. The van der Waals surface area contributed by atoms with E-state index in [1.165, 1.54) is 4.90 Å². The van der Waals surface area contributed by atoms with Crippen LogP contribution in [0.3, 0.4) is 0 Å². The van der Waals surface area contributed by atoms with Gasteiger partial charge >= 0.3 is 0 Å². The molecule has 7 nitrogen and oxygen atoms in total. The summed E-state index contributed by atoms with van der Waals surface area (Å²) >= 11 is 0. The maximum atomic E-state index is 11.7. The summed E-state index contributed by atoms with van der Waals surface area (Å²) in [5, 5.41) is 3.38. The Labute approximate surface area is 185 Å². The first kappa shape index (κ1) is 24.5. The molecule has 1 amide bonds. The van der Waals surface area contributed by atoms with Crippen molar-refractivity contribution in [3.63, 3.8) is 0 Å². The van der Waals surface area contributed by atoms with Crippen molar-refractivity contribution in [3.8, 4) is 5.75 Å². The van der Waals surface area contributed by atoms with Gasteiger partial charge in [-0.25, -0.2) is 4.99 Å². The van der Waals surface area contributed by atoms with E-state index >= 15 is 0 Å². The molecule has 0 aromatic heterocycles. The average Bonchev–Trinajstić information content (AvgIpc) is 3.12. The van der Waals surface area contributed by atoms with Crippen molar-refractivity contribution < 1.29 is 14.3 Å². The molecule has 0 radical (unpaired) electrons. The molecule has 1 heterocycles. The minimum Gasteiger partial charge on any atom is -0.484 e. The third-order valence-corrected chi connectivity index (χ3v) is 4.49. The fourth-order valence-corrected chi connectivity index (χ4v) is 3.00. The molecular formula is C20H33IN4O3. The number of rotatable bonds is 8. The number of carbonyl (C=O) groups is 1. The summed E-state index contributed by atoms with van der Waals surface area (Å²) in [6.45, 7) is 6.27. The minimum absolute atomic E-state index is 0. The molecule has 1 aromatic rings. The van der Waals surface area contributed by atoms with Crippen LogP contribution in [0.4, 0.5) is 0 Å². The lowest BCUT2D eigenvalue weighted by atomic mass is 10.1. The number of likely N-dealkylation sites (tertiary alicyclic amines) is 1. The van der Waals surface area contributed by atoms with Crippen LogP contribution >= 0.6 is 24.0 Å². The van der Waals surface area contributed by atoms with Crippen molar-refractivity contribution in [1.82, 2.24) is 15.1 Å². The number of nitrogens with one attached hydrogen (secondary N) is 1. The van der Waals surface area contributed by atoms with Crippen molar-refractivity contribution >= 4 is 35.8 Å². The standard InChI is InChI=1S/C20H32N4O3.HI/c1-5-21-20(24-10-9-17(13-24)14-26-4)22-12-16-7-6-8-18(11-16)27-15-19(25)23(2)3;/h6-8,11,17H,5,9-10,12-15H2,1-4H3,(H,21,22);1H. The first-order valence-corrected chi connectivity index (χ1v) is 9.47. The number of halogens is 1. The number of nitrogens with zero attached hydrogens (tertiary/aromatic N) is 3. The maximum absolute atomic E-state index is 11.7. The molecule has 158 valence electrons. The van der Waals surface area contributed by atoms with E-state index in [0.29, 0.717) is 18.2 Å². The quantitative estimate of drug-likeness (QED) is 0.334. The Kier molecular flexibility index (Phi) is 11.2. The van der Waals surface area contributed by atoms with E-state index in [2.05, 4.69) is 17.1 Å². The predicted octanol–water partition coefficient (Wildman–Crippen LogP) is 2.21. The van der Waals surface area contributed by atoms with Gasteiger partial charge in [0.25, 0.3) is 5.91 Å². The fourth-order valence-electron chi connectivity index (χ4n) is 3.00. The van der Waals surface area contributed by atoms with Gasteiger partial charge in [0, 0.05) is 46.8 Å². The SMILES string of the molecule is CCNC(=NCc1cccc(OCC(=O)N(C)C)c1)N1CCC(COC)C1.I. The number of aliphatic imine (C=N–C) groups is 1. The number of likely N-dealkylation sites (N-methyl/N-ethyl adjacent to an activating group) is 1. The van der Waals surface area contributed by atoms with E-state index in [1.54, 1.807) is 21.2 Å². The minimum atomic E-state index is -0.0625. The van der Waals surface area contributed by atoms with Gasteiger partial charge in [-0.2, -0.15) is 0 Å². The second-order valence-corrected chi connectivity index (χ2v) is 6.95. The van der Waals surface area contributed by atoms with Crippen LogP contribution in [-0.2, 0) is 16.1 Å². The molecule has 1 aliphatic heterocycles. The van der Waals surface area contributed by atoms with Crippen LogP contribution in [0.5, 0.6) is 5.75 Å². The molecule has 1 unspecified atom stereocenters. The van der Waals surface area contributed by atoms with Crippen LogP contribution in [0.1, 0.15) is 18.9 Å². The fraction of sp³-hybridized carbons (Fsp3) is 0.600. The van der Waals surface area contributed by atoms with E-state index in [9.17, 15) is 4.79 Å². The Balaban J connectivity index is 0.00000392. The smallest absolute Gasteiger partial charge is 0.259 e. The van der Waals surface area contributed by atoms with Crippen molar-refractivity contribution in [1.29, 1.82) is 0 Å². The van der Waals surface area contributed by atoms with Crippen molar-refractivity contribution in [2.45, 2.75) is 19.9 Å². The summed E-state index contributed by atoms with van der Waals surface area (Å²) in [4.78, 5) is 20.3. The van der Waals surface area contributed by atoms with E-state index in [4.69, 9.17) is 14.5 Å². The highest BCUT2D eigenvalue weighted by atomic mass is 127. The largest absolute Gasteiger partial charge is 0.484 e. The summed E-state index contributed by atoms with van der Waals surface area (Å²) in [5.74, 6) is 2.12. The first-order valence-electron chi connectivity index (χ1n) is 9.47. The number of hydrogen-bond acceptors (Lipinski definition) is 4. The molecule has 0 spiro atoms. The van der Waals surface area contributed by atoms with E-state index in [0.717, 1.165) is 44.2 Å². The molecule has 1 N–H and O–H groups in total. The zero-order valence-corrected chi connectivity index (χ0v) is 19.6. The Bertz CT molecular complexity index is 640. The highest BCUT2D eigenvalue weighted by molar-refractivity contribution is 14.0. The van der Waals surface area contributed by atoms with Crippen LogP contribution in [0, 0.1) is 5.92 Å². The van der Waals surface area contributed by atoms with Crippen LogP contribution in [0.2, 0.25) is 0 Å². The third-order valence-electron chi connectivity index (χ3n) is 4.49. The molecule has 8 heteroatoms. The molecule has 2 rings (SSSR count). The number of benzene rings is 1. The molecule has 1 fully saturated rings. The van der Waals surface area contributed by atoms with Crippen molar-refractivity contribution in [2.75, 3.05) is 54.1 Å². The number of ether oxygens (including phenoxy) is 2. The normalized spacial score (nSPS) is 16.5. The number of hydrogen-bond donors (Lipinski definition) is 1. The Morgan fingerprint density at radius 2 is 2.18 bits per heavy atom. The predicted molar refractivity (Wildman–Crippen MR) is 122 cm³/mol. The summed E-state index contributed by atoms with van der Waals surface area (Å²) in [6.07, 6.45) is 1.13. The number of amides is 1. The van der Waals surface area contributed by atoms with Crippen molar-refractivity contribution in [3.05, 3.63) is 29.8 Å².